The van der Waals surface area contributed by atoms with Gasteiger partial charge in [-0.1, -0.05) is 42.0 Å². The Hall–Kier alpha value is -1.89. The predicted octanol–water partition coefficient (Wildman–Crippen LogP) is 2.96. The SMILES string of the molecule is COc1ccc(CN2CCN(S(=O)(=O)Cc3cccc(C)c3)CC2)cc1C. The molecule has 0 spiro atoms. The maximum absolute atomic E-state index is 12.7. The highest BCUT2D eigenvalue weighted by atomic mass is 32.2. The third-order valence-electron chi connectivity index (χ3n) is 5.02. The van der Waals surface area contributed by atoms with Gasteiger partial charge in [0.2, 0.25) is 10.0 Å². The summed E-state index contributed by atoms with van der Waals surface area (Å²) >= 11 is 0. The van der Waals surface area contributed by atoms with Crippen molar-refractivity contribution in [2.45, 2.75) is 26.1 Å². The second-order valence-electron chi connectivity index (χ2n) is 7.22. The molecule has 0 saturated carbocycles. The molecule has 146 valence electrons. The van der Waals surface area contributed by atoms with Crippen LogP contribution in [0, 0.1) is 13.8 Å². The van der Waals surface area contributed by atoms with Gasteiger partial charge in [0.1, 0.15) is 5.75 Å². The van der Waals surface area contributed by atoms with Crippen molar-refractivity contribution in [2.24, 2.45) is 0 Å². The van der Waals surface area contributed by atoms with Gasteiger partial charge in [-0.05, 0) is 36.6 Å². The van der Waals surface area contributed by atoms with E-state index < -0.39 is 10.0 Å². The van der Waals surface area contributed by atoms with E-state index in [9.17, 15) is 8.42 Å². The Balaban J connectivity index is 1.57. The Morgan fingerprint density at radius 3 is 2.33 bits per heavy atom. The molecule has 1 saturated heterocycles. The Morgan fingerprint density at radius 1 is 0.963 bits per heavy atom. The quantitative estimate of drug-likeness (QED) is 0.763. The van der Waals surface area contributed by atoms with Gasteiger partial charge in [0.05, 0.1) is 12.9 Å². The summed E-state index contributed by atoms with van der Waals surface area (Å²) in [7, 11) is -1.60. The van der Waals surface area contributed by atoms with Crippen LogP contribution in [0.2, 0.25) is 0 Å². The standard InChI is InChI=1S/C21H28N2O3S/c1-17-5-4-6-20(13-17)16-27(24,25)23-11-9-22(10-12-23)15-19-7-8-21(26-3)18(2)14-19/h4-8,13-14H,9-12,15-16H2,1-3H3. The van der Waals surface area contributed by atoms with Crippen molar-refractivity contribution in [3.8, 4) is 5.75 Å². The molecular weight excluding hydrogens is 360 g/mol. The van der Waals surface area contributed by atoms with Crippen LogP contribution in [0.4, 0.5) is 0 Å². The van der Waals surface area contributed by atoms with Crippen LogP contribution in [0.25, 0.3) is 0 Å². The lowest BCUT2D eigenvalue weighted by Crippen LogP contribution is -2.48. The largest absolute Gasteiger partial charge is 0.496 e. The maximum Gasteiger partial charge on any atom is 0.218 e. The summed E-state index contributed by atoms with van der Waals surface area (Å²) in [5.74, 6) is 0.970. The monoisotopic (exact) mass is 388 g/mol. The first-order valence-electron chi connectivity index (χ1n) is 9.26. The third-order valence-corrected chi connectivity index (χ3v) is 6.87. The predicted molar refractivity (Wildman–Crippen MR) is 108 cm³/mol. The molecule has 1 aliphatic heterocycles. The number of nitrogens with zero attached hydrogens (tertiary/aromatic N) is 2. The van der Waals surface area contributed by atoms with Crippen LogP contribution in [-0.2, 0) is 22.3 Å². The van der Waals surface area contributed by atoms with E-state index in [2.05, 4.69) is 17.0 Å². The van der Waals surface area contributed by atoms with E-state index >= 15 is 0 Å². The van der Waals surface area contributed by atoms with Gasteiger partial charge in [0.25, 0.3) is 0 Å². The van der Waals surface area contributed by atoms with Crippen molar-refractivity contribution >= 4 is 10.0 Å². The van der Waals surface area contributed by atoms with Crippen LogP contribution in [0.5, 0.6) is 5.75 Å². The molecule has 1 fully saturated rings. The van der Waals surface area contributed by atoms with E-state index in [4.69, 9.17) is 4.74 Å². The highest BCUT2D eigenvalue weighted by Gasteiger charge is 2.27. The van der Waals surface area contributed by atoms with E-state index in [0.717, 1.165) is 42.1 Å². The minimum Gasteiger partial charge on any atom is -0.496 e. The van der Waals surface area contributed by atoms with Gasteiger partial charge in [-0.2, -0.15) is 4.31 Å². The molecule has 6 heteroatoms. The van der Waals surface area contributed by atoms with Gasteiger partial charge in [-0.25, -0.2) is 8.42 Å². The van der Waals surface area contributed by atoms with E-state index in [1.165, 1.54) is 5.56 Å². The van der Waals surface area contributed by atoms with Crippen molar-refractivity contribution in [1.82, 2.24) is 9.21 Å². The molecule has 27 heavy (non-hydrogen) atoms. The molecule has 3 rings (SSSR count). The first-order chi connectivity index (χ1) is 12.9. The normalized spacial score (nSPS) is 16.4. The van der Waals surface area contributed by atoms with Gasteiger partial charge in [0.15, 0.2) is 0 Å². The molecule has 0 aliphatic carbocycles. The van der Waals surface area contributed by atoms with Crippen molar-refractivity contribution in [2.75, 3.05) is 33.3 Å². The van der Waals surface area contributed by atoms with Crippen LogP contribution >= 0.6 is 0 Å². The summed E-state index contributed by atoms with van der Waals surface area (Å²) in [4.78, 5) is 2.31. The van der Waals surface area contributed by atoms with Gasteiger partial charge in [-0.3, -0.25) is 4.90 Å². The van der Waals surface area contributed by atoms with Crippen LogP contribution in [-0.4, -0.2) is 50.9 Å². The Bertz CT molecular complexity index is 888. The molecule has 0 radical (unpaired) electrons. The van der Waals surface area contributed by atoms with E-state index in [1.54, 1.807) is 11.4 Å². The molecule has 0 aromatic heterocycles. The minimum atomic E-state index is -3.28. The fourth-order valence-electron chi connectivity index (χ4n) is 3.57. The lowest BCUT2D eigenvalue weighted by molar-refractivity contribution is 0.181. The van der Waals surface area contributed by atoms with Gasteiger partial charge < -0.3 is 4.74 Å². The van der Waals surface area contributed by atoms with Gasteiger partial charge in [-0.15, -0.1) is 0 Å². The summed E-state index contributed by atoms with van der Waals surface area (Å²) < 4.78 is 32.4. The van der Waals surface area contributed by atoms with Crippen LogP contribution < -0.4 is 4.74 Å². The Kier molecular flexibility index (Phi) is 6.19. The molecule has 0 bridgehead atoms. The van der Waals surface area contributed by atoms with E-state index in [-0.39, 0.29) is 5.75 Å². The zero-order valence-corrected chi connectivity index (χ0v) is 17.1. The number of piperazine rings is 1. The molecule has 2 aromatic carbocycles. The summed E-state index contributed by atoms with van der Waals surface area (Å²) in [5, 5.41) is 0. The van der Waals surface area contributed by atoms with Crippen LogP contribution in [0.15, 0.2) is 42.5 Å². The first-order valence-corrected chi connectivity index (χ1v) is 10.9. The van der Waals surface area contributed by atoms with E-state index in [0.29, 0.717) is 13.1 Å². The minimum absolute atomic E-state index is 0.0757. The maximum atomic E-state index is 12.7. The van der Waals surface area contributed by atoms with E-state index in [1.807, 2.05) is 44.2 Å². The number of benzene rings is 2. The number of methoxy groups -OCH3 is 1. The molecule has 0 amide bonds. The number of hydrogen-bond acceptors (Lipinski definition) is 4. The third kappa shape index (κ3) is 5.09. The highest BCUT2D eigenvalue weighted by Crippen LogP contribution is 2.20. The lowest BCUT2D eigenvalue weighted by atomic mass is 10.1. The van der Waals surface area contributed by atoms with Crippen molar-refractivity contribution in [3.05, 3.63) is 64.7 Å². The average Bonchev–Trinajstić information content (AvgIpc) is 2.62. The molecule has 2 aromatic rings. The molecule has 0 N–H and O–H groups in total. The molecular formula is C21H28N2O3S. The summed E-state index contributed by atoms with van der Waals surface area (Å²) in [6, 6.07) is 13.9. The number of rotatable bonds is 6. The number of sulfonamides is 1. The van der Waals surface area contributed by atoms with Crippen molar-refractivity contribution in [1.29, 1.82) is 0 Å². The topological polar surface area (TPSA) is 49.9 Å². The lowest BCUT2D eigenvalue weighted by Gasteiger charge is -2.34. The highest BCUT2D eigenvalue weighted by molar-refractivity contribution is 7.88. The number of aryl methyl sites for hydroxylation is 2. The fraction of sp³-hybridized carbons (Fsp3) is 0.429. The zero-order valence-electron chi connectivity index (χ0n) is 16.3. The van der Waals surface area contributed by atoms with Gasteiger partial charge in [0, 0.05) is 32.7 Å². The second-order valence-corrected chi connectivity index (χ2v) is 9.19. The average molecular weight is 389 g/mol. The second kappa shape index (κ2) is 8.42. The molecule has 0 unspecified atom stereocenters. The molecule has 1 aliphatic rings. The number of hydrogen-bond donors (Lipinski definition) is 0. The Morgan fingerprint density at radius 2 is 1.70 bits per heavy atom. The smallest absolute Gasteiger partial charge is 0.218 e. The number of ether oxygens (including phenoxy) is 1. The zero-order chi connectivity index (χ0) is 19.4. The van der Waals surface area contributed by atoms with Crippen LogP contribution in [0.1, 0.15) is 22.3 Å². The molecule has 0 atom stereocenters. The van der Waals surface area contributed by atoms with Crippen molar-refractivity contribution in [3.63, 3.8) is 0 Å². The summed E-state index contributed by atoms with van der Waals surface area (Å²) in [5.41, 5.74) is 4.28. The molecule has 5 nitrogen and oxygen atoms in total. The summed E-state index contributed by atoms with van der Waals surface area (Å²) in [6.07, 6.45) is 0. The van der Waals surface area contributed by atoms with Crippen molar-refractivity contribution < 1.29 is 13.2 Å². The Labute approximate surface area is 162 Å². The fourth-order valence-corrected chi connectivity index (χ4v) is 5.07. The first kappa shape index (κ1) is 19.9. The van der Waals surface area contributed by atoms with Gasteiger partial charge >= 0.3 is 0 Å². The summed E-state index contributed by atoms with van der Waals surface area (Å²) in [6.45, 7) is 7.44. The van der Waals surface area contributed by atoms with Crippen LogP contribution in [0.3, 0.4) is 0 Å². The molecule has 1 heterocycles.